The zero-order chi connectivity index (χ0) is 14.2. The summed E-state index contributed by atoms with van der Waals surface area (Å²) in [7, 11) is 0. The first-order chi connectivity index (χ1) is 9.81. The van der Waals surface area contributed by atoms with E-state index in [9.17, 15) is 0 Å². The quantitative estimate of drug-likeness (QED) is 0.816. The van der Waals surface area contributed by atoms with Gasteiger partial charge in [0.05, 0.1) is 0 Å². The lowest BCUT2D eigenvalue weighted by Gasteiger charge is -2.15. The minimum absolute atomic E-state index is 0.226. The smallest absolute Gasteiger partial charge is 0.148 e. The number of para-hydroxylation sites is 1. The summed E-state index contributed by atoms with van der Waals surface area (Å²) in [6.45, 7) is 3.12. The van der Waals surface area contributed by atoms with Crippen molar-refractivity contribution in [1.82, 2.24) is 10.3 Å². The predicted molar refractivity (Wildman–Crippen MR) is 80.3 cm³/mol. The Morgan fingerprint density at radius 1 is 1.30 bits per heavy atom. The fraction of sp³-hybridized carbons (Fsp3) is 0.235. The van der Waals surface area contributed by atoms with Crippen LogP contribution in [0.1, 0.15) is 24.1 Å². The lowest BCUT2D eigenvalue weighted by atomic mass is 10.1. The first-order valence-electron chi connectivity index (χ1n) is 6.58. The van der Waals surface area contributed by atoms with E-state index in [0.29, 0.717) is 0 Å². The number of nitrogens with one attached hydrogen (secondary N) is 1. The van der Waals surface area contributed by atoms with Gasteiger partial charge < -0.3 is 10.1 Å². The zero-order valence-electron chi connectivity index (χ0n) is 11.5. The summed E-state index contributed by atoms with van der Waals surface area (Å²) in [5, 5.41) is 3.46. The van der Waals surface area contributed by atoms with Crippen LogP contribution in [0.4, 0.5) is 0 Å². The molecule has 0 radical (unpaired) electrons. The van der Waals surface area contributed by atoms with Crippen molar-refractivity contribution < 1.29 is 4.74 Å². The van der Waals surface area contributed by atoms with Crippen LogP contribution in [0.2, 0.25) is 0 Å². The predicted octanol–water partition coefficient (Wildman–Crippen LogP) is 2.94. The molecule has 0 aliphatic heterocycles. The van der Waals surface area contributed by atoms with Gasteiger partial charge in [-0.05, 0) is 24.6 Å². The highest BCUT2D eigenvalue weighted by Crippen LogP contribution is 2.19. The van der Waals surface area contributed by atoms with E-state index in [1.807, 2.05) is 36.5 Å². The van der Waals surface area contributed by atoms with E-state index in [1.165, 1.54) is 0 Å². The van der Waals surface area contributed by atoms with E-state index in [2.05, 4.69) is 29.2 Å². The largest absolute Gasteiger partial charge is 0.481 e. The number of benzene rings is 1. The number of rotatable bonds is 6. The van der Waals surface area contributed by atoms with Gasteiger partial charge in [-0.15, -0.1) is 6.42 Å². The Balaban J connectivity index is 1.99. The topological polar surface area (TPSA) is 34.1 Å². The minimum Gasteiger partial charge on any atom is -0.481 e. The third kappa shape index (κ3) is 3.84. The molecule has 0 spiro atoms. The van der Waals surface area contributed by atoms with Crippen LogP contribution in [0.5, 0.6) is 5.75 Å². The summed E-state index contributed by atoms with van der Waals surface area (Å²) in [5.74, 6) is 3.31. The van der Waals surface area contributed by atoms with Crippen LogP contribution in [0.15, 0.2) is 48.8 Å². The van der Waals surface area contributed by atoms with E-state index in [1.54, 1.807) is 6.20 Å². The van der Waals surface area contributed by atoms with Gasteiger partial charge in [0.1, 0.15) is 12.4 Å². The van der Waals surface area contributed by atoms with Crippen molar-refractivity contribution in [3.63, 3.8) is 0 Å². The average Bonchev–Trinajstić information content (AvgIpc) is 2.52. The summed E-state index contributed by atoms with van der Waals surface area (Å²) in [5.41, 5.74) is 2.26. The molecule has 0 saturated carbocycles. The number of ether oxygens (including phenoxy) is 1. The molecule has 1 aromatic heterocycles. The standard InChI is InChI=1S/C17H18N2O/c1-3-11-20-17-9-5-4-7-16(17)13-19-14(2)15-8-6-10-18-12-15/h1,4-10,12,14,19H,11,13H2,2H3/t14-/m0/s1. The van der Waals surface area contributed by atoms with Gasteiger partial charge in [0.2, 0.25) is 0 Å². The number of terminal acetylenes is 1. The third-order valence-corrected chi connectivity index (χ3v) is 3.07. The normalized spacial score (nSPS) is 11.6. The van der Waals surface area contributed by atoms with Gasteiger partial charge in [0.15, 0.2) is 0 Å². The monoisotopic (exact) mass is 266 g/mol. The molecule has 0 fully saturated rings. The number of pyridine rings is 1. The maximum Gasteiger partial charge on any atom is 0.148 e. The van der Waals surface area contributed by atoms with Gasteiger partial charge >= 0.3 is 0 Å². The third-order valence-electron chi connectivity index (χ3n) is 3.07. The fourth-order valence-electron chi connectivity index (χ4n) is 1.92. The molecule has 0 amide bonds. The highest BCUT2D eigenvalue weighted by Gasteiger charge is 2.07. The molecule has 1 aromatic carbocycles. The van der Waals surface area contributed by atoms with Crippen molar-refractivity contribution in [2.45, 2.75) is 19.5 Å². The second-order valence-corrected chi connectivity index (χ2v) is 4.49. The van der Waals surface area contributed by atoms with E-state index in [0.717, 1.165) is 23.4 Å². The summed E-state index contributed by atoms with van der Waals surface area (Å²) >= 11 is 0. The number of aromatic nitrogens is 1. The molecule has 3 nitrogen and oxygen atoms in total. The van der Waals surface area contributed by atoms with Crippen LogP contribution in [0, 0.1) is 12.3 Å². The zero-order valence-corrected chi connectivity index (χ0v) is 11.5. The first-order valence-corrected chi connectivity index (χ1v) is 6.58. The van der Waals surface area contributed by atoms with E-state index < -0.39 is 0 Å². The van der Waals surface area contributed by atoms with E-state index >= 15 is 0 Å². The second-order valence-electron chi connectivity index (χ2n) is 4.49. The molecule has 0 bridgehead atoms. The van der Waals surface area contributed by atoms with Crippen LogP contribution >= 0.6 is 0 Å². The number of hydrogen-bond acceptors (Lipinski definition) is 3. The summed E-state index contributed by atoms with van der Waals surface area (Å²) < 4.78 is 5.54. The molecule has 2 rings (SSSR count). The maximum absolute atomic E-state index is 5.54. The molecular formula is C17H18N2O. The average molecular weight is 266 g/mol. The van der Waals surface area contributed by atoms with Crippen LogP contribution in [0.25, 0.3) is 0 Å². The van der Waals surface area contributed by atoms with Crippen molar-refractivity contribution in [2.75, 3.05) is 6.61 Å². The molecule has 1 heterocycles. The molecule has 3 heteroatoms. The Labute approximate surface area is 120 Å². The van der Waals surface area contributed by atoms with E-state index in [-0.39, 0.29) is 12.6 Å². The minimum atomic E-state index is 0.226. The molecule has 0 aliphatic carbocycles. The Morgan fingerprint density at radius 2 is 2.15 bits per heavy atom. The molecule has 20 heavy (non-hydrogen) atoms. The Morgan fingerprint density at radius 3 is 2.90 bits per heavy atom. The van der Waals surface area contributed by atoms with Gasteiger partial charge in [0.25, 0.3) is 0 Å². The van der Waals surface area contributed by atoms with Crippen LogP contribution in [-0.2, 0) is 6.54 Å². The highest BCUT2D eigenvalue weighted by molar-refractivity contribution is 5.33. The van der Waals surface area contributed by atoms with Crippen LogP contribution < -0.4 is 10.1 Å². The second kappa shape index (κ2) is 7.32. The van der Waals surface area contributed by atoms with Gasteiger partial charge in [-0.25, -0.2) is 0 Å². The van der Waals surface area contributed by atoms with Gasteiger partial charge in [-0.2, -0.15) is 0 Å². The van der Waals surface area contributed by atoms with Crippen LogP contribution in [-0.4, -0.2) is 11.6 Å². The van der Waals surface area contributed by atoms with Gasteiger partial charge in [-0.3, -0.25) is 4.98 Å². The molecule has 1 atom stereocenters. The SMILES string of the molecule is C#CCOc1ccccc1CN[C@@H](C)c1cccnc1. The molecular weight excluding hydrogens is 248 g/mol. The molecule has 0 unspecified atom stereocenters. The maximum atomic E-state index is 5.54. The van der Waals surface area contributed by atoms with E-state index in [4.69, 9.17) is 11.2 Å². The number of nitrogens with zero attached hydrogens (tertiary/aromatic N) is 1. The Bertz CT molecular complexity index is 575. The summed E-state index contributed by atoms with van der Waals surface area (Å²) in [6, 6.07) is 12.1. The van der Waals surface area contributed by atoms with Crippen molar-refractivity contribution in [1.29, 1.82) is 0 Å². The molecule has 0 saturated heterocycles. The van der Waals surface area contributed by atoms with Gasteiger partial charge in [-0.1, -0.05) is 30.2 Å². The van der Waals surface area contributed by atoms with Crippen molar-refractivity contribution in [3.8, 4) is 18.1 Å². The van der Waals surface area contributed by atoms with Crippen molar-refractivity contribution in [3.05, 3.63) is 59.9 Å². The fourth-order valence-corrected chi connectivity index (χ4v) is 1.92. The molecule has 0 aliphatic rings. The lowest BCUT2D eigenvalue weighted by Crippen LogP contribution is -2.18. The lowest BCUT2D eigenvalue weighted by molar-refractivity contribution is 0.364. The highest BCUT2D eigenvalue weighted by atomic mass is 16.5. The van der Waals surface area contributed by atoms with Crippen LogP contribution in [0.3, 0.4) is 0 Å². The number of hydrogen-bond donors (Lipinski definition) is 1. The Hall–Kier alpha value is -2.31. The summed E-state index contributed by atoms with van der Waals surface area (Å²) in [6.07, 6.45) is 8.88. The molecule has 1 N–H and O–H groups in total. The van der Waals surface area contributed by atoms with Crippen molar-refractivity contribution in [2.24, 2.45) is 0 Å². The van der Waals surface area contributed by atoms with Gasteiger partial charge in [0, 0.05) is 30.5 Å². The molecule has 102 valence electrons. The molecule has 2 aromatic rings. The first kappa shape index (κ1) is 14.1. The van der Waals surface area contributed by atoms with Crippen molar-refractivity contribution >= 4 is 0 Å². The summed E-state index contributed by atoms with van der Waals surface area (Å²) in [4.78, 5) is 4.13. The Kier molecular flexibility index (Phi) is 5.16.